The van der Waals surface area contributed by atoms with E-state index < -0.39 is 16.1 Å². The van der Waals surface area contributed by atoms with Crippen molar-refractivity contribution in [2.45, 2.75) is 52.2 Å². The van der Waals surface area contributed by atoms with Crippen LogP contribution in [-0.4, -0.2) is 36.5 Å². The molecule has 1 fully saturated rings. The molecule has 1 atom stereocenters. The fraction of sp³-hybridized carbons (Fsp3) is 0.562. The Hall–Kier alpha value is -1.11. The number of sulfonamides is 1. The van der Waals surface area contributed by atoms with Gasteiger partial charge in [0, 0.05) is 17.6 Å². The molecule has 7 heteroatoms. The highest BCUT2D eigenvalue weighted by Gasteiger charge is 2.39. The van der Waals surface area contributed by atoms with Gasteiger partial charge in [-0.2, -0.15) is 4.31 Å². The zero-order valence-electron chi connectivity index (χ0n) is 13.7. The second-order valence-corrected chi connectivity index (χ2v) is 8.54. The highest BCUT2D eigenvalue weighted by molar-refractivity contribution is 7.89. The van der Waals surface area contributed by atoms with E-state index in [1.54, 1.807) is 19.9 Å². The summed E-state index contributed by atoms with van der Waals surface area (Å²) in [6, 6.07) is 4.68. The summed E-state index contributed by atoms with van der Waals surface area (Å²) in [6.45, 7) is 5.83. The van der Waals surface area contributed by atoms with Crippen molar-refractivity contribution in [3.8, 4) is 0 Å². The minimum atomic E-state index is -3.36. The first kappa shape index (κ1) is 18.2. The third kappa shape index (κ3) is 4.05. The maximum atomic E-state index is 12.5. The summed E-state index contributed by atoms with van der Waals surface area (Å²) in [5, 5.41) is 3.51. The van der Waals surface area contributed by atoms with E-state index in [1.165, 1.54) is 4.31 Å². The van der Waals surface area contributed by atoms with Gasteiger partial charge in [0.05, 0.1) is 5.75 Å². The average Bonchev–Trinajstić information content (AvgIpc) is 2.46. The first-order valence-electron chi connectivity index (χ1n) is 7.77. The number of halogens is 1. The Morgan fingerprint density at radius 2 is 2.13 bits per heavy atom. The van der Waals surface area contributed by atoms with Crippen LogP contribution in [0.4, 0.5) is 0 Å². The molecule has 1 saturated heterocycles. The van der Waals surface area contributed by atoms with E-state index in [-0.39, 0.29) is 17.7 Å². The van der Waals surface area contributed by atoms with Gasteiger partial charge in [-0.15, -0.1) is 0 Å². The maximum absolute atomic E-state index is 12.5. The predicted molar refractivity (Wildman–Crippen MR) is 91.8 cm³/mol. The average molecular weight is 359 g/mol. The second-order valence-electron chi connectivity index (χ2n) is 6.14. The summed E-state index contributed by atoms with van der Waals surface area (Å²) in [6.07, 6.45) is 1.07. The Balaban J connectivity index is 2.11. The largest absolute Gasteiger partial charge is 0.351 e. The molecular formula is C16H23ClN2O3S. The van der Waals surface area contributed by atoms with Crippen LogP contribution in [0.15, 0.2) is 18.2 Å². The standard InChI is InChI=1S/C16H23ClN2O3S/c1-11(2)19-15(8-5-9-23(19,21)22)16(20)18-10-13-6-4-7-14(17)12(13)3/h4,6-7,11,15H,5,8-10H2,1-3H3,(H,18,20)/t15-/m0/s1. The zero-order valence-corrected chi connectivity index (χ0v) is 15.2. The molecule has 2 rings (SSSR count). The first-order chi connectivity index (χ1) is 10.7. The van der Waals surface area contributed by atoms with E-state index in [4.69, 9.17) is 11.6 Å². The summed E-state index contributed by atoms with van der Waals surface area (Å²) in [4.78, 5) is 12.5. The highest BCUT2D eigenvalue weighted by atomic mass is 35.5. The summed E-state index contributed by atoms with van der Waals surface area (Å²) in [5.74, 6) is -0.135. The molecule has 5 nitrogen and oxygen atoms in total. The van der Waals surface area contributed by atoms with Gasteiger partial charge in [-0.1, -0.05) is 23.7 Å². The van der Waals surface area contributed by atoms with E-state index in [2.05, 4.69) is 5.32 Å². The molecule has 0 bridgehead atoms. The van der Waals surface area contributed by atoms with E-state index >= 15 is 0 Å². The third-order valence-electron chi connectivity index (χ3n) is 4.15. The van der Waals surface area contributed by atoms with Crippen LogP contribution in [0, 0.1) is 6.92 Å². The van der Waals surface area contributed by atoms with Gasteiger partial charge < -0.3 is 5.32 Å². The van der Waals surface area contributed by atoms with Gasteiger partial charge >= 0.3 is 0 Å². The normalized spacial score (nSPS) is 21.3. The van der Waals surface area contributed by atoms with Gasteiger partial charge in [-0.25, -0.2) is 8.42 Å². The molecule has 0 saturated carbocycles. The van der Waals surface area contributed by atoms with Crippen molar-refractivity contribution in [3.05, 3.63) is 34.3 Å². The Bertz CT molecular complexity index is 689. The third-order valence-corrected chi connectivity index (χ3v) is 6.69. The molecule has 0 aromatic heterocycles. The number of amides is 1. The lowest BCUT2D eigenvalue weighted by atomic mass is 10.1. The molecule has 1 aliphatic heterocycles. The van der Waals surface area contributed by atoms with Crippen LogP contribution in [-0.2, 0) is 21.4 Å². The molecule has 128 valence electrons. The number of carbonyl (C=O) groups excluding carboxylic acids is 1. The van der Waals surface area contributed by atoms with E-state index in [1.807, 2.05) is 19.1 Å². The summed E-state index contributed by atoms with van der Waals surface area (Å²) < 4.78 is 25.8. The molecule has 0 aliphatic carbocycles. The number of hydrogen-bond donors (Lipinski definition) is 1. The van der Waals surface area contributed by atoms with Crippen LogP contribution >= 0.6 is 11.6 Å². The van der Waals surface area contributed by atoms with Crippen molar-refractivity contribution in [3.63, 3.8) is 0 Å². The molecule has 1 heterocycles. The van der Waals surface area contributed by atoms with Crippen LogP contribution in [0.1, 0.15) is 37.8 Å². The number of rotatable bonds is 4. The van der Waals surface area contributed by atoms with Gasteiger partial charge in [-0.05, 0) is 50.8 Å². The zero-order chi connectivity index (χ0) is 17.2. The van der Waals surface area contributed by atoms with E-state index in [0.29, 0.717) is 24.4 Å². The lowest BCUT2D eigenvalue weighted by Gasteiger charge is -2.36. The molecule has 0 unspecified atom stereocenters. The SMILES string of the molecule is Cc1c(Cl)cccc1CNC(=O)[C@@H]1CCCS(=O)(=O)N1C(C)C. The summed E-state index contributed by atoms with van der Waals surface area (Å²) in [7, 11) is -3.36. The predicted octanol–water partition coefficient (Wildman–Crippen LogP) is 2.47. The second kappa shape index (κ2) is 7.20. The van der Waals surface area contributed by atoms with Crippen molar-refractivity contribution in [1.82, 2.24) is 9.62 Å². The molecule has 1 aromatic carbocycles. The first-order valence-corrected chi connectivity index (χ1v) is 9.75. The van der Waals surface area contributed by atoms with E-state index in [0.717, 1.165) is 11.1 Å². The number of carbonyl (C=O) groups is 1. The molecule has 1 aliphatic rings. The summed E-state index contributed by atoms with van der Waals surface area (Å²) >= 11 is 6.08. The maximum Gasteiger partial charge on any atom is 0.238 e. The Morgan fingerprint density at radius 3 is 2.78 bits per heavy atom. The number of hydrogen-bond acceptors (Lipinski definition) is 3. The lowest BCUT2D eigenvalue weighted by molar-refractivity contribution is -0.125. The van der Waals surface area contributed by atoms with Crippen molar-refractivity contribution in [1.29, 1.82) is 0 Å². The van der Waals surface area contributed by atoms with Crippen LogP contribution in [0.2, 0.25) is 5.02 Å². The molecule has 0 spiro atoms. The molecule has 1 aromatic rings. The number of nitrogens with one attached hydrogen (secondary N) is 1. The van der Waals surface area contributed by atoms with Crippen molar-refractivity contribution < 1.29 is 13.2 Å². The molecule has 1 N–H and O–H groups in total. The number of nitrogens with zero attached hydrogens (tertiary/aromatic N) is 1. The Labute approximate surface area is 143 Å². The van der Waals surface area contributed by atoms with Gasteiger partial charge in [0.25, 0.3) is 0 Å². The van der Waals surface area contributed by atoms with Crippen molar-refractivity contribution in [2.75, 3.05) is 5.75 Å². The number of benzene rings is 1. The minimum Gasteiger partial charge on any atom is -0.351 e. The fourth-order valence-corrected chi connectivity index (χ4v) is 5.12. The van der Waals surface area contributed by atoms with Gasteiger partial charge in [0.2, 0.25) is 15.9 Å². The molecular weight excluding hydrogens is 336 g/mol. The van der Waals surface area contributed by atoms with Crippen LogP contribution in [0.3, 0.4) is 0 Å². The Kier molecular flexibility index (Phi) is 5.70. The smallest absolute Gasteiger partial charge is 0.238 e. The summed E-state index contributed by atoms with van der Waals surface area (Å²) in [5.41, 5.74) is 1.85. The lowest BCUT2D eigenvalue weighted by Crippen LogP contribution is -2.55. The van der Waals surface area contributed by atoms with Gasteiger partial charge in [0.15, 0.2) is 0 Å². The van der Waals surface area contributed by atoms with Gasteiger partial charge in [0.1, 0.15) is 6.04 Å². The molecule has 23 heavy (non-hydrogen) atoms. The van der Waals surface area contributed by atoms with Crippen molar-refractivity contribution >= 4 is 27.5 Å². The van der Waals surface area contributed by atoms with Crippen LogP contribution in [0.5, 0.6) is 0 Å². The van der Waals surface area contributed by atoms with E-state index in [9.17, 15) is 13.2 Å². The Morgan fingerprint density at radius 1 is 1.43 bits per heavy atom. The fourth-order valence-electron chi connectivity index (χ4n) is 2.96. The molecule has 1 amide bonds. The monoisotopic (exact) mass is 358 g/mol. The quantitative estimate of drug-likeness (QED) is 0.899. The van der Waals surface area contributed by atoms with Crippen molar-refractivity contribution in [2.24, 2.45) is 0 Å². The highest BCUT2D eigenvalue weighted by Crippen LogP contribution is 2.24. The van der Waals surface area contributed by atoms with Crippen LogP contribution in [0.25, 0.3) is 0 Å². The van der Waals surface area contributed by atoms with Crippen LogP contribution < -0.4 is 5.32 Å². The topological polar surface area (TPSA) is 66.5 Å². The van der Waals surface area contributed by atoms with Gasteiger partial charge in [-0.3, -0.25) is 4.79 Å². The molecule has 0 radical (unpaired) electrons. The minimum absolute atomic E-state index is 0.113.